The molecule has 2 atom stereocenters. The number of nitrogens with one attached hydrogen (secondary N) is 3. The zero-order valence-corrected chi connectivity index (χ0v) is 29.9. The molecule has 0 saturated carbocycles. The summed E-state index contributed by atoms with van der Waals surface area (Å²) in [6.07, 6.45) is 0. The van der Waals surface area contributed by atoms with Gasteiger partial charge in [0.25, 0.3) is 23.4 Å². The molecule has 0 heterocycles. The Kier molecular flexibility index (Phi) is 13.8. The molecule has 0 aliphatic carbocycles. The summed E-state index contributed by atoms with van der Waals surface area (Å²) < 4.78 is 22.6. The number of nitro benzene ring substituents is 1. The fourth-order valence-corrected chi connectivity index (χ4v) is 4.85. The maximum atomic E-state index is 13.1. The van der Waals surface area contributed by atoms with Crippen LogP contribution < -0.4 is 95.5 Å². The molecule has 3 amide bonds. The Morgan fingerprint density at radius 3 is 1.37 bits per heavy atom. The summed E-state index contributed by atoms with van der Waals surface area (Å²) >= 11 is 0. The molecule has 0 aliphatic rings. The summed E-state index contributed by atoms with van der Waals surface area (Å²) in [6.45, 7) is 0. The van der Waals surface area contributed by atoms with Crippen molar-refractivity contribution < 1.29 is 107 Å². The first-order valence-electron chi connectivity index (χ1n) is 12.2. The third-order valence-electron chi connectivity index (χ3n) is 5.94. The second kappa shape index (κ2) is 16.2. The van der Waals surface area contributed by atoms with Gasteiger partial charge in [0.05, 0.1) is 4.92 Å². The average Bonchev–Trinajstić information content (AvgIpc) is 2.96. The second-order valence-corrected chi connectivity index (χ2v) is 12.2. The number of hydrogen-bond acceptors (Lipinski definition) is 9. The number of carbonyl (C=O) groups is 3. The van der Waals surface area contributed by atoms with E-state index in [4.69, 9.17) is 0 Å². The van der Waals surface area contributed by atoms with Gasteiger partial charge in [-0.1, -0.05) is 6.07 Å². The SMILES string of the molecule is O=C(Nc1ccc(P(=O)([O-])O)cc1)c1cc(NC(=O)c2cccc([N+](=O)[O-])c2)cc(C(=O)Nc2ccc(P(=O)([O-])O)cc2)c1.[Na+].[Na+]. The van der Waals surface area contributed by atoms with Gasteiger partial charge in [0.2, 0.25) is 0 Å². The largest absolute Gasteiger partial charge is 1.00 e. The van der Waals surface area contributed by atoms with Gasteiger partial charge in [0.1, 0.15) is 0 Å². The predicted octanol–water partition coefficient (Wildman–Crippen LogP) is -4.30. The summed E-state index contributed by atoms with van der Waals surface area (Å²) in [6, 6.07) is 17.6. The molecule has 4 rings (SSSR count). The van der Waals surface area contributed by atoms with Crippen LogP contribution in [0.15, 0.2) is 91.0 Å². The minimum atomic E-state index is -4.77. The molecule has 0 saturated heterocycles. The van der Waals surface area contributed by atoms with Crippen LogP contribution in [0.4, 0.5) is 22.7 Å². The van der Waals surface area contributed by atoms with E-state index in [2.05, 4.69) is 16.0 Å². The number of nitro groups is 1. The number of rotatable bonds is 9. The Morgan fingerprint density at radius 2 is 0.978 bits per heavy atom. The first-order valence-corrected chi connectivity index (χ1v) is 15.4. The molecule has 226 valence electrons. The molecule has 2 unspecified atom stereocenters. The van der Waals surface area contributed by atoms with Crippen molar-refractivity contribution in [2.75, 3.05) is 16.0 Å². The second-order valence-electron chi connectivity index (χ2n) is 9.10. The van der Waals surface area contributed by atoms with Crippen LogP contribution in [0.5, 0.6) is 0 Å². The molecule has 0 spiro atoms. The Balaban J connectivity index is 0.00000368. The summed E-state index contributed by atoms with van der Waals surface area (Å²) in [4.78, 5) is 90.5. The van der Waals surface area contributed by atoms with Gasteiger partial charge in [0, 0.05) is 56.5 Å². The van der Waals surface area contributed by atoms with Crippen molar-refractivity contribution in [3.8, 4) is 0 Å². The maximum absolute atomic E-state index is 13.1. The fraction of sp³-hybridized carbons (Fsp3) is 0. The number of nitrogens with zero attached hydrogens (tertiary/aromatic N) is 1. The van der Waals surface area contributed by atoms with Crippen LogP contribution in [0.2, 0.25) is 0 Å². The molecule has 5 N–H and O–H groups in total. The fourth-order valence-electron chi connectivity index (χ4n) is 3.80. The Morgan fingerprint density at radius 1 is 0.587 bits per heavy atom. The number of anilines is 3. The van der Waals surface area contributed by atoms with E-state index in [9.17, 15) is 53.2 Å². The van der Waals surface area contributed by atoms with Crippen LogP contribution in [0, 0.1) is 10.1 Å². The van der Waals surface area contributed by atoms with Crippen molar-refractivity contribution in [1.82, 2.24) is 0 Å². The van der Waals surface area contributed by atoms with Crippen LogP contribution in [-0.4, -0.2) is 32.4 Å². The molecule has 0 radical (unpaired) electrons. The van der Waals surface area contributed by atoms with Gasteiger partial charge < -0.3 is 44.7 Å². The van der Waals surface area contributed by atoms with Gasteiger partial charge in [0.15, 0.2) is 15.2 Å². The van der Waals surface area contributed by atoms with Gasteiger partial charge in [-0.15, -0.1) is 0 Å². The minimum absolute atomic E-state index is 0. The first kappa shape index (κ1) is 39.2. The van der Waals surface area contributed by atoms with E-state index in [1.165, 1.54) is 60.7 Å². The first-order chi connectivity index (χ1) is 20.6. The zero-order chi connectivity index (χ0) is 32.2. The van der Waals surface area contributed by atoms with Gasteiger partial charge in [-0.2, -0.15) is 0 Å². The maximum Gasteiger partial charge on any atom is 1.00 e. The van der Waals surface area contributed by atoms with E-state index in [-0.39, 0.29) is 109 Å². The Bertz CT molecular complexity index is 1780. The third-order valence-corrected chi connectivity index (χ3v) is 7.84. The summed E-state index contributed by atoms with van der Waals surface area (Å²) in [5, 5.41) is 17.8. The third kappa shape index (κ3) is 10.5. The van der Waals surface area contributed by atoms with Crippen molar-refractivity contribution in [3.63, 3.8) is 0 Å². The van der Waals surface area contributed by atoms with Gasteiger partial charge in [-0.3, -0.25) is 24.5 Å². The Hall–Kier alpha value is -3.01. The van der Waals surface area contributed by atoms with E-state index < -0.39 is 37.8 Å². The standard InChI is InChI=1S/C27H22N4O11P2.2Na/c32-25(16-2-1-3-22(15-16)31(35)36)30-21-13-17(26(33)28-19-4-8-23(9-5-19)43(37,38)39)12-18(14-21)27(34)29-20-6-10-24(11-7-20)44(40,41)42;;/h1-15H,(H,28,33)(H,29,34)(H,30,32)(H2,37,38,39)(H2,40,41,42);;/q;2*+1/p-2. The number of amides is 3. The summed E-state index contributed by atoms with van der Waals surface area (Å²) in [7, 11) is -9.54. The zero-order valence-electron chi connectivity index (χ0n) is 24.1. The van der Waals surface area contributed by atoms with E-state index >= 15 is 0 Å². The number of benzene rings is 4. The summed E-state index contributed by atoms with van der Waals surface area (Å²) in [5.41, 5.74) is -0.504. The molecule has 0 fully saturated rings. The van der Waals surface area contributed by atoms with Crippen molar-refractivity contribution in [1.29, 1.82) is 0 Å². The van der Waals surface area contributed by atoms with Crippen LogP contribution in [0.3, 0.4) is 0 Å². The van der Waals surface area contributed by atoms with Crippen molar-refractivity contribution >= 4 is 66.3 Å². The molecule has 15 nitrogen and oxygen atoms in total. The van der Waals surface area contributed by atoms with Crippen LogP contribution in [-0.2, 0) is 9.13 Å². The smallest absolute Gasteiger partial charge is 0.775 e. The molecule has 0 aliphatic heterocycles. The quantitative estimate of drug-likeness (QED) is 0.0488. The Labute approximate surface area is 304 Å². The number of non-ortho nitro benzene ring substituents is 1. The van der Waals surface area contributed by atoms with Crippen LogP contribution in [0.1, 0.15) is 31.1 Å². The van der Waals surface area contributed by atoms with E-state index in [0.29, 0.717) is 0 Å². The molecular formula is C27H20N4Na2O11P2. The van der Waals surface area contributed by atoms with E-state index in [1.54, 1.807) is 0 Å². The minimum Gasteiger partial charge on any atom is -0.775 e. The molecule has 46 heavy (non-hydrogen) atoms. The number of carbonyl (C=O) groups excluding carboxylic acids is 3. The van der Waals surface area contributed by atoms with Gasteiger partial charge in [-0.25, -0.2) is 0 Å². The molecular weight excluding hydrogens is 664 g/mol. The molecule has 0 bridgehead atoms. The van der Waals surface area contributed by atoms with Gasteiger partial charge in [-0.05, 0) is 72.8 Å². The van der Waals surface area contributed by atoms with Crippen molar-refractivity contribution in [2.24, 2.45) is 0 Å². The monoisotopic (exact) mass is 684 g/mol. The number of hydrogen-bond donors (Lipinski definition) is 5. The van der Waals surface area contributed by atoms with E-state index in [0.717, 1.165) is 30.3 Å². The molecule has 19 heteroatoms. The summed E-state index contributed by atoms with van der Waals surface area (Å²) in [5.74, 6) is -2.36. The van der Waals surface area contributed by atoms with E-state index in [1.807, 2.05) is 0 Å². The van der Waals surface area contributed by atoms with Gasteiger partial charge >= 0.3 is 59.1 Å². The normalized spacial score (nSPS) is 13.0. The van der Waals surface area contributed by atoms with Crippen LogP contribution >= 0.6 is 15.2 Å². The molecule has 4 aromatic carbocycles. The topological polar surface area (TPSA) is 251 Å². The van der Waals surface area contributed by atoms with Crippen molar-refractivity contribution in [3.05, 3.63) is 118 Å². The van der Waals surface area contributed by atoms with Crippen molar-refractivity contribution in [2.45, 2.75) is 0 Å². The molecule has 4 aromatic rings. The predicted molar refractivity (Wildman–Crippen MR) is 155 cm³/mol. The van der Waals surface area contributed by atoms with Crippen LogP contribution in [0.25, 0.3) is 0 Å². The molecule has 0 aromatic heterocycles. The average molecular weight is 684 g/mol.